The lowest BCUT2D eigenvalue weighted by molar-refractivity contribution is -0.122. The van der Waals surface area contributed by atoms with Gasteiger partial charge in [-0.3, -0.25) is 4.79 Å². The van der Waals surface area contributed by atoms with Crippen molar-refractivity contribution in [1.82, 2.24) is 5.32 Å². The Balaban J connectivity index is 0.00000242. The van der Waals surface area contributed by atoms with Gasteiger partial charge in [0.2, 0.25) is 5.91 Å². The highest BCUT2D eigenvalue weighted by Gasteiger charge is 2.22. The highest BCUT2D eigenvalue weighted by molar-refractivity contribution is 5.85. The van der Waals surface area contributed by atoms with Crippen molar-refractivity contribution >= 4 is 18.3 Å². The van der Waals surface area contributed by atoms with E-state index in [9.17, 15) is 4.79 Å². The monoisotopic (exact) mass is 328 g/mol. The van der Waals surface area contributed by atoms with Gasteiger partial charge >= 0.3 is 0 Å². The Kier molecular flexibility index (Phi) is 6.97. The smallest absolute Gasteiger partial charge is 0.237 e. The summed E-state index contributed by atoms with van der Waals surface area (Å²) in [6.07, 6.45) is 2.66. The zero-order chi connectivity index (χ0) is 15.4. The van der Waals surface area contributed by atoms with Crippen molar-refractivity contribution in [1.29, 1.82) is 0 Å². The standard InChI is InChI=1S/C16H24N2O3.ClH/c1-4-5-13(17)16(19)18-9-12-8-15-11(6-10(2)21-15)7-14(12)20-3;/h7-8,10,13H,4-6,9,17H2,1-3H3,(H,18,19);1H. The van der Waals surface area contributed by atoms with Gasteiger partial charge < -0.3 is 20.5 Å². The number of rotatable bonds is 6. The normalized spacial score (nSPS) is 17.0. The van der Waals surface area contributed by atoms with E-state index >= 15 is 0 Å². The number of carbonyl (C=O) groups excluding carboxylic acids is 1. The quantitative estimate of drug-likeness (QED) is 0.839. The fraction of sp³-hybridized carbons (Fsp3) is 0.562. The van der Waals surface area contributed by atoms with E-state index in [4.69, 9.17) is 15.2 Å². The van der Waals surface area contributed by atoms with Crippen molar-refractivity contribution < 1.29 is 14.3 Å². The first-order chi connectivity index (χ1) is 10.0. The van der Waals surface area contributed by atoms with Gasteiger partial charge in [0.15, 0.2) is 0 Å². The molecular formula is C16H25ClN2O3. The van der Waals surface area contributed by atoms with E-state index in [0.29, 0.717) is 13.0 Å². The lowest BCUT2D eigenvalue weighted by Crippen LogP contribution is -2.40. The number of benzene rings is 1. The molecule has 2 atom stereocenters. The van der Waals surface area contributed by atoms with Crippen LogP contribution in [0.1, 0.15) is 37.8 Å². The van der Waals surface area contributed by atoms with Gasteiger partial charge in [-0.1, -0.05) is 13.3 Å². The number of fused-ring (bicyclic) bond motifs is 1. The largest absolute Gasteiger partial charge is 0.496 e. The number of halogens is 1. The predicted octanol–water partition coefficient (Wildman–Crippen LogP) is 2.18. The Bertz CT molecular complexity index is 522. The average Bonchev–Trinajstić information content (AvgIpc) is 2.82. The highest BCUT2D eigenvalue weighted by Crippen LogP contribution is 2.34. The highest BCUT2D eigenvalue weighted by atomic mass is 35.5. The number of amides is 1. The molecule has 1 aliphatic rings. The van der Waals surface area contributed by atoms with Gasteiger partial charge in [0, 0.05) is 24.1 Å². The average molecular weight is 329 g/mol. The maximum Gasteiger partial charge on any atom is 0.237 e. The fourth-order valence-corrected chi connectivity index (χ4v) is 2.57. The van der Waals surface area contributed by atoms with Crippen molar-refractivity contribution in [3.63, 3.8) is 0 Å². The summed E-state index contributed by atoms with van der Waals surface area (Å²) in [5, 5.41) is 2.86. The van der Waals surface area contributed by atoms with Crippen molar-refractivity contribution in [3.05, 3.63) is 23.3 Å². The van der Waals surface area contributed by atoms with Crippen molar-refractivity contribution in [3.8, 4) is 11.5 Å². The third-order valence-corrected chi connectivity index (χ3v) is 3.69. The summed E-state index contributed by atoms with van der Waals surface area (Å²) >= 11 is 0. The van der Waals surface area contributed by atoms with Crippen LogP contribution in [0.5, 0.6) is 11.5 Å². The fourth-order valence-electron chi connectivity index (χ4n) is 2.57. The SMILES string of the molecule is CCCC(N)C(=O)NCc1cc2c(cc1OC)CC(C)O2.Cl. The number of nitrogens with one attached hydrogen (secondary N) is 1. The molecule has 0 spiro atoms. The van der Waals surface area contributed by atoms with E-state index in [2.05, 4.69) is 5.32 Å². The molecule has 2 unspecified atom stereocenters. The van der Waals surface area contributed by atoms with Crippen molar-refractivity contribution in [2.45, 2.75) is 51.8 Å². The molecule has 2 rings (SSSR count). The minimum absolute atomic E-state index is 0. The van der Waals surface area contributed by atoms with E-state index in [-0.39, 0.29) is 24.4 Å². The van der Waals surface area contributed by atoms with Crippen LogP contribution in [0.15, 0.2) is 12.1 Å². The zero-order valence-electron chi connectivity index (χ0n) is 13.3. The molecule has 0 saturated heterocycles. The van der Waals surface area contributed by atoms with E-state index in [1.807, 2.05) is 26.0 Å². The molecule has 22 heavy (non-hydrogen) atoms. The first-order valence-electron chi connectivity index (χ1n) is 7.44. The van der Waals surface area contributed by atoms with Crippen LogP contribution in [0.4, 0.5) is 0 Å². The molecule has 0 aliphatic carbocycles. The van der Waals surface area contributed by atoms with Crippen LogP contribution in [-0.2, 0) is 17.8 Å². The second-order valence-corrected chi connectivity index (χ2v) is 5.52. The Morgan fingerprint density at radius 3 is 2.91 bits per heavy atom. The van der Waals surface area contributed by atoms with E-state index in [1.165, 1.54) is 0 Å². The Morgan fingerprint density at radius 2 is 2.27 bits per heavy atom. The molecule has 0 saturated carbocycles. The second-order valence-electron chi connectivity index (χ2n) is 5.52. The van der Waals surface area contributed by atoms with Crippen molar-refractivity contribution in [2.24, 2.45) is 5.73 Å². The molecule has 0 radical (unpaired) electrons. The number of nitrogens with two attached hydrogens (primary N) is 1. The molecule has 1 aromatic rings. The van der Waals surface area contributed by atoms with Gasteiger partial charge in [-0.15, -0.1) is 12.4 Å². The van der Waals surface area contributed by atoms with Gasteiger partial charge in [-0.2, -0.15) is 0 Å². The molecule has 3 N–H and O–H groups in total. The molecule has 1 heterocycles. The number of methoxy groups -OCH3 is 1. The minimum Gasteiger partial charge on any atom is -0.496 e. The molecule has 1 aliphatic heterocycles. The molecule has 1 amide bonds. The molecule has 0 fully saturated rings. The van der Waals surface area contributed by atoms with E-state index < -0.39 is 6.04 Å². The molecule has 5 nitrogen and oxygen atoms in total. The lowest BCUT2D eigenvalue weighted by atomic mass is 10.1. The summed E-state index contributed by atoms with van der Waals surface area (Å²) in [6, 6.07) is 3.49. The van der Waals surface area contributed by atoms with Crippen LogP contribution in [0, 0.1) is 0 Å². The molecule has 0 bridgehead atoms. The first-order valence-corrected chi connectivity index (χ1v) is 7.44. The van der Waals surface area contributed by atoms with Crippen LogP contribution in [0.2, 0.25) is 0 Å². The van der Waals surface area contributed by atoms with E-state index in [0.717, 1.165) is 35.5 Å². The van der Waals surface area contributed by atoms with Crippen LogP contribution < -0.4 is 20.5 Å². The third kappa shape index (κ3) is 4.27. The summed E-state index contributed by atoms with van der Waals surface area (Å²) in [4.78, 5) is 11.9. The van der Waals surface area contributed by atoms with Gasteiger partial charge in [0.1, 0.15) is 17.6 Å². The topological polar surface area (TPSA) is 73.6 Å². The lowest BCUT2D eigenvalue weighted by Gasteiger charge is -2.14. The molecule has 0 aromatic heterocycles. The molecular weight excluding hydrogens is 304 g/mol. The van der Waals surface area contributed by atoms with Crippen molar-refractivity contribution in [2.75, 3.05) is 7.11 Å². The Hall–Kier alpha value is -1.46. The van der Waals surface area contributed by atoms with Crippen LogP contribution in [-0.4, -0.2) is 25.2 Å². The summed E-state index contributed by atoms with van der Waals surface area (Å²) in [5.41, 5.74) is 7.86. The van der Waals surface area contributed by atoms with Gasteiger partial charge in [-0.05, 0) is 25.5 Å². The summed E-state index contributed by atoms with van der Waals surface area (Å²) in [6.45, 7) is 4.44. The van der Waals surface area contributed by atoms with Crippen LogP contribution in [0.25, 0.3) is 0 Å². The third-order valence-electron chi connectivity index (χ3n) is 3.69. The van der Waals surface area contributed by atoms with Crippen LogP contribution in [0.3, 0.4) is 0 Å². The first kappa shape index (κ1) is 18.6. The zero-order valence-corrected chi connectivity index (χ0v) is 14.2. The molecule has 124 valence electrons. The Labute approximate surface area is 138 Å². The van der Waals surface area contributed by atoms with Gasteiger partial charge in [0.25, 0.3) is 0 Å². The summed E-state index contributed by atoms with van der Waals surface area (Å²) in [5.74, 6) is 1.52. The number of carbonyl (C=O) groups is 1. The van der Waals surface area contributed by atoms with Gasteiger partial charge in [0.05, 0.1) is 13.2 Å². The minimum atomic E-state index is -0.452. The maximum absolute atomic E-state index is 11.9. The van der Waals surface area contributed by atoms with Crippen LogP contribution >= 0.6 is 12.4 Å². The van der Waals surface area contributed by atoms with E-state index in [1.54, 1.807) is 7.11 Å². The molecule has 6 heteroatoms. The second kappa shape index (κ2) is 8.25. The summed E-state index contributed by atoms with van der Waals surface area (Å²) < 4.78 is 11.2. The predicted molar refractivity (Wildman–Crippen MR) is 88.8 cm³/mol. The number of hydrogen-bond donors (Lipinski definition) is 2. The van der Waals surface area contributed by atoms with Gasteiger partial charge in [-0.25, -0.2) is 0 Å². The number of ether oxygens (including phenoxy) is 2. The molecule has 1 aromatic carbocycles. The number of hydrogen-bond acceptors (Lipinski definition) is 4. The summed E-state index contributed by atoms with van der Waals surface area (Å²) in [7, 11) is 1.63. The maximum atomic E-state index is 11.9. The Morgan fingerprint density at radius 1 is 1.55 bits per heavy atom.